The van der Waals surface area contributed by atoms with Gasteiger partial charge in [-0.3, -0.25) is 9.98 Å². The van der Waals surface area contributed by atoms with E-state index in [1.54, 1.807) is 61.0 Å². The predicted molar refractivity (Wildman–Crippen MR) is 124 cm³/mol. The van der Waals surface area contributed by atoms with Gasteiger partial charge in [-0.15, -0.1) is 0 Å². The first-order valence-corrected chi connectivity index (χ1v) is 10.3. The van der Waals surface area contributed by atoms with Crippen LogP contribution in [-0.4, -0.2) is 61.4 Å². The number of imidazole rings is 1. The Bertz CT molecular complexity index is 1070. The van der Waals surface area contributed by atoms with E-state index in [9.17, 15) is 25.4 Å². The normalized spacial score (nSPS) is 13.5. The highest BCUT2D eigenvalue weighted by molar-refractivity contribution is 5.83. The predicted octanol–water partition coefficient (Wildman–Crippen LogP) is 2.81. The molecule has 0 amide bonds. The fraction of sp³-hybridized carbons (Fsp3) is 0.261. The third-order valence-corrected chi connectivity index (χ3v) is 4.93. The molecule has 2 aromatic carbocycles. The second-order valence-electron chi connectivity index (χ2n) is 7.50. The van der Waals surface area contributed by atoms with Crippen molar-refractivity contribution in [2.45, 2.75) is 19.1 Å². The summed E-state index contributed by atoms with van der Waals surface area (Å²) in [5, 5.41) is 41.4. The lowest BCUT2D eigenvalue weighted by Gasteiger charge is -2.17. The van der Waals surface area contributed by atoms with Crippen molar-refractivity contribution in [3.05, 3.63) is 82.2 Å². The minimum Gasteiger partial charge on any atom is -0.507 e. The molecule has 1 heterocycles. The Morgan fingerprint density at radius 3 is 2.06 bits per heavy atom. The molecule has 0 aliphatic carbocycles. The van der Waals surface area contributed by atoms with Gasteiger partial charge < -0.3 is 25.4 Å². The van der Waals surface area contributed by atoms with Crippen molar-refractivity contribution in [2.24, 2.45) is 15.9 Å². The molecule has 0 aliphatic rings. The third-order valence-electron chi connectivity index (χ3n) is 4.93. The number of nitro groups is 1. The maximum Gasteiger partial charge on any atom is 0.434 e. The zero-order chi connectivity index (χ0) is 23.6. The number of nitrogens with zero attached hydrogens (tertiary/aromatic N) is 5. The van der Waals surface area contributed by atoms with E-state index < -0.39 is 11.0 Å². The van der Waals surface area contributed by atoms with Gasteiger partial charge in [0.1, 0.15) is 23.9 Å². The van der Waals surface area contributed by atoms with Gasteiger partial charge in [0.05, 0.1) is 12.6 Å². The fourth-order valence-corrected chi connectivity index (χ4v) is 3.30. The molecule has 0 bridgehead atoms. The summed E-state index contributed by atoms with van der Waals surface area (Å²) >= 11 is 0. The maximum absolute atomic E-state index is 11.1. The van der Waals surface area contributed by atoms with Crippen LogP contribution in [0.15, 0.2) is 70.9 Å². The van der Waals surface area contributed by atoms with Crippen LogP contribution in [0.25, 0.3) is 0 Å². The van der Waals surface area contributed by atoms with Gasteiger partial charge in [-0.25, -0.2) is 4.57 Å². The topological polar surface area (TPSA) is 146 Å². The lowest BCUT2D eigenvalue weighted by Crippen LogP contribution is -2.23. The van der Waals surface area contributed by atoms with Crippen LogP contribution >= 0.6 is 0 Å². The number of hydrogen-bond donors (Lipinski definition) is 3. The molecule has 10 heteroatoms. The smallest absolute Gasteiger partial charge is 0.434 e. The molecule has 3 rings (SSSR count). The Morgan fingerprint density at radius 1 is 1.00 bits per heavy atom. The zero-order valence-corrected chi connectivity index (χ0v) is 17.8. The summed E-state index contributed by atoms with van der Waals surface area (Å²) in [5.74, 6) is -0.293. The molecular weight excluding hydrogens is 426 g/mol. The number of hydrogen-bond acceptors (Lipinski definition) is 8. The van der Waals surface area contributed by atoms with E-state index in [0.717, 1.165) is 0 Å². The van der Waals surface area contributed by atoms with E-state index in [4.69, 9.17) is 0 Å². The van der Waals surface area contributed by atoms with Gasteiger partial charge in [-0.2, -0.15) is 0 Å². The molecular formula is C23H25N5O5. The zero-order valence-electron chi connectivity index (χ0n) is 17.8. The number of aromatic hydroxyl groups is 2. The van der Waals surface area contributed by atoms with Gasteiger partial charge in [-0.05, 0) is 35.6 Å². The lowest BCUT2D eigenvalue weighted by molar-refractivity contribution is -0.397. The molecule has 1 unspecified atom stereocenters. The highest BCUT2D eigenvalue weighted by Gasteiger charge is 2.20. The monoisotopic (exact) mass is 451 g/mol. The molecule has 3 aromatic rings. The Morgan fingerprint density at radius 2 is 1.55 bits per heavy atom. The number of aliphatic hydroxyl groups is 1. The minimum absolute atomic E-state index is 0.0131. The Kier molecular flexibility index (Phi) is 8.25. The number of phenols is 2. The van der Waals surface area contributed by atoms with E-state index in [2.05, 4.69) is 15.0 Å². The molecule has 0 aliphatic heterocycles. The van der Waals surface area contributed by atoms with Crippen molar-refractivity contribution >= 4 is 18.4 Å². The molecule has 33 heavy (non-hydrogen) atoms. The largest absolute Gasteiger partial charge is 0.507 e. The molecule has 10 nitrogen and oxygen atoms in total. The second-order valence-corrected chi connectivity index (χ2v) is 7.50. The Balaban J connectivity index is 1.68. The molecule has 0 radical (unpaired) electrons. The first-order valence-electron chi connectivity index (χ1n) is 10.3. The van der Waals surface area contributed by atoms with Crippen LogP contribution in [0.3, 0.4) is 0 Å². The van der Waals surface area contributed by atoms with Crippen molar-refractivity contribution < 1.29 is 20.2 Å². The average Bonchev–Trinajstić information content (AvgIpc) is 3.24. The molecule has 0 fully saturated rings. The number of benzene rings is 2. The lowest BCUT2D eigenvalue weighted by atomic mass is 10.0. The van der Waals surface area contributed by atoms with E-state index in [-0.39, 0.29) is 36.3 Å². The van der Waals surface area contributed by atoms with Crippen molar-refractivity contribution in [1.29, 1.82) is 0 Å². The van der Waals surface area contributed by atoms with Crippen LogP contribution in [0.2, 0.25) is 0 Å². The third kappa shape index (κ3) is 6.97. The summed E-state index contributed by atoms with van der Waals surface area (Å²) in [5.41, 5.74) is 1.15. The highest BCUT2D eigenvalue weighted by Crippen LogP contribution is 2.17. The van der Waals surface area contributed by atoms with Crippen molar-refractivity contribution in [3.8, 4) is 11.5 Å². The standard InChI is InChI=1S/C23H25N5O5/c29-20(16-27-10-9-26-23(27)28(32)33)11-17(12-24-14-18-5-1-3-7-21(18)30)13-25-15-19-6-2-4-8-22(19)31/h1-10,14-15,17,20,29-31H,11-13,16H2. The van der Waals surface area contributed by atoms with Crippen molar-refractivity contribution in [3.63, 3.8) is 0 Å². The van der Waals surface area contributed by atoms with Crippen LogP contribution in [0.5, 0.6) is 11.5 Å². The van der Waals surface area contributed by atoms with Gasteiger partial charge >= 0.3 is 5.95 Å². The van der Waals surface area contributed by atoms with Crippen LogP contribution in [0.4, 0.5) is 5.95 Å². The molecule has 3 N–H and O–H groups in total. The van der Waals surface area contributed by atoms with Crippen LogP contribution in [0, 0.1) is 16.0 Å². The molecule has 1 atom stereocenters. The van der Waals surface area contributed by atoms with Crippen molar-refractivity contribution in [1.82, 2.24) is 9.55 Å². The minimum atomic E-state index is -0.886. The van der Waals surface area contributed by atoms with E-state index in [1.807, 2.05) is 0 Å². The van der Waals surface area contributed by atoms with E-state index in [1.165, 1.54) is 17.0 Å². The second kappa shape index (κ2) is 11.5. The summed E-state index contributed by atoms with van der Waals surface area (Å²) < 4.78 is 1.29. The van der Waals surface area contributed by atoms with Gasteiger partial charge in [0.15, 0.2) is 0 Å². The Hall–Kier alpha value is -4.05. The number of para-hydroxylation sites is 2. The van der Waals surface area contributed by atoms with Crippen LogP contribution in [-0.2, 0) is 6.54 Å². The molecule has 1 aromatic heterocycles. The van der Waals surface area contributed by atoms with Gasteiger partial charge in [0.25, 0.3) is 0 Å². The SMILES string of the molecule is O=[N+]([O-])c1nccn1CC(O)CC(CN=Cc1ccccc1O)CN=Cc1ccccc1O. The van der Waals surface area contributed by atoms with Crippen LogP contribution < -0.4 is 0 Å². The number of rotatable bonds is 11. The summed E-state index contributed by atoms with van der Waals surface area (Å²) in [6, 6.07) is 13.6. The summed E-state index contributed by atoms with van der Waals surface area (Å²) in [7, 11) is 0. The first kappa shape index (κ1) is 23.6. The average molecular weight is 451 g/mol. The number of phenolic OH excluding ortho intramolecular Hbond substituents is 2. The van der Waals surface area contributed by atoms with Gasteiger partial charge in [-0.1, -0.05) is 29.2 Å². The van der Waals surface area contributed by atoms with E-state index in [0.29, 0.717) is 24.2 Å². The first-order chi connectivity index (χ1) is 15.9. The summed E-state index contributed by atoms with van der Waals surface area (Å²) in [6.07, 6.45) is 5.28. The van der Waals surface area contributed by atoms with Gasteiger partial charge in [0.2, 0.25) is 0 Å². The Labute approximate surface area is 190 Å². The van der Waals surface area contributed by atoms with Crippen molar-refractivity contribution in [2.75, 3.05) is 13.1 Å². The quantitative estimate of drug-likeness (QED) is 0.232. The molecule has 172 valence electrons. The molecule has 0 saturated carbocycles. The maximum atomic E-state index is 11.1. The number of aliphatic hydroxyl groups excluding tert-OH is 1. The number of aliphatic imine (C=N–C) groups is 2. The highest BCUT2D eigenvalue weighted by atomic mass is 16.6. The fourth-order valence-electron chi connectivity index (χ4n) is 3.30. The number of aromatic nitrogens is 2. The summed E-state index contributed by atoms with van der Waals surface area (Å²) in [6.45, 7) is 0.643. The molecule has 0 spiro atoms. The van der Waals surface area contributed by atoms with Crippen LogP contribution in [0.1, 0.15) is 17.5 Å². The summed E-state index contributed by atoms with van der Waals surface area (Å²) in [4.78, 5) is 22.9. The van der Waals surface area contributed by atoms with Gasteiger partial charge in [0, 0.05) is 42.6 Å². The van der Waals surface area contributed by atoms with E-state index >= 15 is 0 Å². The molecule has 0 saturated heterocycles.